The van der Waals surface area contributed by atoms with Gasteiger partial charge in [0.2, 0.25) is 0 Å². The van der Waals surface area contributed by atoms with Gasteiger partial charge in [-0.15, -0.1) is 0 Å². The number of pyridine rings is 1. The second-order valence-corrected chi connectivity index (χ2v) is 6.39. The molecule has 1 saturated heterocycles. The standard InChI is InChI=1S/C14H19BrN2O/c15-11-3-1-7-17-13(11)12(16)10-4-8-18-14(9-10)5-2-6-14/h1,3,7,10,12H,2,4-6,8-9,16H2. The first-order chi connectivity index (χ1) is 8.70. The maximum absolute atomic E-state index is 6.42. The van der Waals surface area contributed by atoms with Crippen LogP contribution in [0, 0.1) is 5.92 Å². The zero-order valence-corrected chi connectivity index (χ0v) is 12.0. The van der Waals surface area contributed by atoms with Crippen LogP contribution in [0.2, 0.25) is 0 Å². The van der Waals surface area contributed by atoms with Gasteiger partial charge in [0.25, 0.3) is 0 Å². The fourth-order valence-electron chi connectivity index (χ4n) is 3.16. The Morgan fingerprint density at radius 1 is 1.50 bits per heavy atom. The first-order valence-electron chi connectivity index (χ1n) is 6.70. The third-order valence-electron chi connectivity index (χ3n) is 4.41. The molecule has 0 amide bonds. The maximum atomic E-state index is 6.42. The minimum absolute atomic E-state index is 0.0157. The Kier molecular flexibility index (Phi) is 3.43. The molecule has 2 unspecified atom stereocenters. The molecule has 1 saturated carbocycles. The quantitative estimate of drug-likeness (QED) is 0.912. The predicted molar refractivity (Wildman–Crippen MR) is 74.1 cm³/mol. The summed E-state index contributed by atoms with van der Waals surface area (Å²) in [5, 5.41) is 0. The number of aromatic nitrogens is 1. The monoisotopic (exact) mass is 310 g/mol. The number of nitrogens with two attached hydrogens (primary N) is 1. The number of nitrogens with zero attached hydrogens (tertiary/aromatic N) is 1. The Bertz CT molecular complexity index is 434. The van der Waals surface area contributed by atoms with Gasteiger partial charge in [0, 0.05) is 17.3 Å². The summed E-state index contributed by atoms with van der Waals surface area (Å²) in [5.74, 6) is 0.491. The van der Waals surface area contributed by atoms with Crippen molar-refractivity contribution in [3.05, 3.63) is 28.5 Å². The van der Waals surface area contributed by atoms with E-state index in [1.807, 2.05) is 18.3 Å². The van der Waals surface area contributed by atoms with Gasteiger partial charge in [-0.25, -0.2) is 0 Å². The van der Waals surface area contributed by atoms with E-state index >= 15 is 0 Å². The van der Waals surface area contributed by atoms with Crippen LogP contribution in [0.25, 0.3) is 0 Å². The molecule has 0 bridgehead atoms. The average Bonchev–Trinajstić information content (AvgIpc) is 2.37. The van der Waals surface area contributed by atoms with Crippen LogP contribution in [0.5, 0.6) is 0 Å². The van der Waals surface area contributed by atoms with E-state index in [9.17, 15) is 0 Å². The molecule has 1 aliphatic carbocycles. The molecule has 2 fully saturated rings. The summed E-state index contributed by atoms with van der Waals surface area (Å²) in [7, 11) is 0. The lowest BCUT2D eigenvalue weighted by molar-refractivity contribution is -0.146. The van der Waals surface area contributed by atoms with Crippen molar-refractivity contribution < 1.29 is 4.74 Å². The zero-order chi connectivity index (χ0) is 12.6. The van der Waals surface area contributed by atoms with Gasteiger partial charge in [0.1, 0.15) is 0 Å². The number of hydrogen-bond donors (Lipinski definition) is 1. The van der Waals surface area contributed by atoms with E-state index in [0.717, 1.165) is 29.6 Å². The Hall–Kier alpha value is -0.450. The third-order valence-corrected chi connectivity index (χ3v) is 5.08. The highest BCUT2D eigenvalue weighted by Gasteiger charge is 2.44. The van der Waals surface area contributed by atoms with Gasteiger partial charge in [0.05, 0.1) is 17.3 Å². The second-order valence-electron chi connectivity index (χ2n) is 5.53. The van der Waals surface area contributed by atoms with Crippen LogP contribution in [0.15, 0.2) is 22.8 Å². The summed E-state index contributed by atoms with van der Waals surface area (Å²) >= 11 is 3.55. The van der Waals surface area contributed by atoms with Crippen molar-refractivity contribution in [2.45, 2.75) is 43.7 Å². The van der Waals surface area contributed by atoms with Gasteiger partial charge in [0.15, 0.2) is 0 Å². The maximum Gasteiger partial charge on any atom is 0.0715 e. The SMILES string of the molecule is NC(c1ncccc1Br)C1CCOC2(CCC2)C1. The number of ether oxygens (including phenoxy) is 1. The van der Waals surface area contributed by atoms with Gasteiger partial charge in [-0.3, -0.25) is 4.98 Å². The molecule has 18 heavy (non-hydrogen) atoms. The van der Waals surface area contributed by atoms with Gasteiger partial charge in [-0.05, 0) is 66.1 Å². The third kappa shape index (κ3) is 2.22. The van der Waals surface area contributed by atoms with Gasteiger partial charge in [-0.1, -0.05) is 0 Å². The molecule has 0 aromatic carbocycles. The van der Waals surface area contributed by atoms with Crippen LogP contribution in [-0.4, -0.2) is 17.2 Å². The summed E-state index contributed by atoms with van der Waals surface area (Å²) < 4.78 is 6.98. The summed E-state index contributed by atoms with van der Waals surface area (Å²) in [6, 6.07) is 3.96. The fraction of sp³-hybridized carbons (Fsp3) is 0.643. The minimum Gasteiger partial charge on any atom is -0.375 e. The summed E-state index contributed by atoms with van der Waals surface area (Å²) in [5.41, 5.74) is 7.56. The van der Waals surface area contributed by atoms with Crippen LogP contribution in [0.3, 0.4) is 0 Å². The van der Waals surface area contributed by atoms with Gasteiger partial charge >= 0.3 is 0 Å². The number of hydrogen-bond acceptors (Lipinski definition) is 3. The normalized spacial score (nSPS) is 27.8. The highest BCUT2D eigenvalue weighted by Crippen LogP contribution is 2.46. The van der Waals surface area contributed by atoms with E-state index in [2.05, 4.69) is 20.9 Å². The van der Waals surface area contributed by atoms with Crippen molar-refractivity contribution in [3.63, 3.8) is 0 Å². The van der Waals surface area contributed by atoms with E-state index in [4.69, 9.17) is 10.5 Å². The second kappa shape index (κ2) is 4.91. The van der Waals surface area contributed by atoms with Crippen LogP contribution in [0.4, 0.5) is 0 Å². The van der Waals surface area contributed by atoms with Gasteiger partial charge < -0.3 is 10.5 Å². The Labute approximate surface area is 116 Å². The topological polar surface area (TPSA) is 48.1 Å². The summed E-state index contributed by atoms with van der Waals surface area (Å²) in [4.78, 5) is 4.43. The molecule has 0 radical (unpaired) electrons. The molecule has 1 spiro atoms. The van der Waals surface area contributed by atoms with Crippen molar-refractivity contribution in [2.24, 2.45) is 11.7 Å². The predicted octanol–water partition coefficient (Wildman–Crippen LogP) is 3.19. The molecule has 1 aromatic heterocycles. The molecule has 2 heterocycles. The fourth-order valence-corrected chi connectivity index (χ4v) is 3.68. The highest BCUT2D eigenvalue weighted by atomic mass is 79.9. The molecular weight excluding hydrogens is 292 g/mol. The number of halogens is 1. The Morgan fingerprint density at radius 2 is 2.33 bits per heavy atom. The van der Waals surface area contributed by atoms with Crippen molar-refractivity contribution >= 4 is 15.9 Å². The largest absolute Gasteiger partial charge is 0.375 e. The molecule has 1 aliphatic heterocycles. The minimum atomic E-state index is 0.0157. The smallest absolute Gasteiger partial charge is 0.0715 e. The Balaban J connectivity index is 1.76. The van der Waals surface area contributed by atoms with E-state index < -0.39 is 0 Å². The molecule has 3 nitrogen and oxygen atoms in total. The van der Waals surface area contributed by atoms with Crippen LogP contribution in [0.1, 0.15) is 43.8 Å². The lowest BCUT2D eigenvalue weighted by atomic mass is 9.70. The summed E-state index contributed by atoms with van der Waals surface area (Å²) in [6.45, 7) is 0.850. The van der Waals surface area contributed by atoms with E-state index in [0.29, 0.717) is 5.92 Å². The van der Waals surface area contributed by atoms with E-state index in [1.165, 1.54) is 19.3 Å². The van der Waals surface area contributed by atoms with Crippen molar-refractivity contribution in [1.29, 1.82) is 0 Å². The molecule has 2 atom stereocenters. The lowest BCUT2D eigenvalue weighted by Gasteiger charge is -2.48. The van der Waals surface area contributed by atoms with Crippen molar-refractivity contribution in [1.82, 2.24) is 4.98 Å². The molecule has 4 heteroatoms. The van der Waals surface area contributed by atoms with Crippen molar-refractivity contribution in [3.8, 4) is 0 Å². The number of rotatable bonds is 2. The molecule has 3 rings (SSSR count). The average molecular weight is 311 g/mol. The van der Waals surface area contributed by atoms with Crippen molar-refractivity contribution in [2.75, 3.05) is 6.61 Å². The molecule has 1 aromatic rings. The van der Waals surface area contributed by atoms with Crippen LogP contribution >= 0.6 is 15.9 Å². The summed E-state index contributed by atoms with van der Waals surface area (Å²) in [6.07, 6.45) is 7.68. The first kappa shape index (κ1) is 12.6. The van der Waals surface area contributed by atoms with Gasteiger partial charge in [-0.2, -0.15) is 0 Å². The van der Waals surface area contributed by atoms with E-state index in [1.54, 1.807) is 0 Å². The van der Waals surface area contributed by atoms with Crippen LogP contribution < -0.4 is 5.73 Å². The van der Waals surface area contributed by atoms with Crippen LogP contribution in [-0.2, 0) is 4.74 Å². The molecule has 2 aliphatic rings. The highest BCUT2D eigenvalue weighted by molar-refractivity contribution is 9.10. The molecule has 2 N–H and O–H groups in total. The Morgan fingerprint density at radius 3 is 3.00 bits per heavy atom. The zero-order valence-electron chi connectivity index (χ0n) is 10.4. The first-order valence-corrected chi connectivity index (χ1v) is 7.49. The molecular formula is C14H19BrN2O. The lowest BCUT2D eigenvalue weighted by Crippen LogP contribution is -2.47. The van der Waals surface area contributed by atoms with E-state index in [-0.39, 0.29) is 11.6 Å². The molecule has 98 valence electrons.